The van der Waals surface area contributed by atoms with E-state index in [1.54, 1.807) is 0 Å². The Kier molecular flexibility index (Phi) is 5.14. The first-order chi connectivity index (χ1) is 11.5. The predicted molar refractivity (Wildman–Crippen MR) is 83.6 cm³/mol. The van der Waals surface area contributed by atoms with Crippen LogP contribution in [0.25, 0.3) is 10.9 Å². The number of carbonyl (C=O) groups is 1. The number of pyridine rings is 1. The molecule has 12 heteroatoms. The fraction of sp³-hybridized carbons (Fsp3) is 0.231. The number of aromatic nitrogens is 1. The molecule has 1 N–H and O–H groups in total. The molecule has 0 saturated heterocycles. The van der Waals surface area contributed by atoms with Crippen LogP contribution in [-0.4, -0.2) is 32.0 Å². The van der Waals surface area contributed by atoms with E-state index in [4.69, 9.17) is 0 Å². The van der Waals surface area contributed by atoms with E-state index in [1.807, 2.05) is 0 Å². The van der Waals surface area contributed by atoms with Crippen molar-refractivity contribution in [1.82, 2.24) is 4.98 Å². The Hall–Kier alpha value is -2.08. The Morgan fingerprint density at radius 1 is 1.32 bits per heavy atom. The Morgan fingerprint density at radius 3 is 2.52 bits per heavy atom. The molecule has 1 aromatic carbocycles. The molecule has 0 aliphatic carbocycles. The summed E-state index contributed by atoms with van der Waals surface area (Å²) in [7, 11) is -5.06. The topological polar surface area (TPSA) is 103 Å². The van der Waals surface area contributed by atoms with Gasteiger partial charge in [-0.2, -0.15) is 21.6 Å². The number of hydrogen-bond acceptors (Lipinski definition) is 6. The third kappa shape index (κ3) is 3.95. The van der Waals surface area contributed by atoms with Gasteiger partial charge in [0.15, 0.2) is 5.75 Å². The number of nitrogens with one attached hydrogen (secondary N) is 1. The third-order valence-electron chi connectivity index (χ3n) is 3.05. The van der Waals surface area contributed by atoms with Crippen LogP contribution in [0.3, 0.4) is 0 Å². The SMILES string of the molecule is COC(=O)Cc1c(OS(=O)(=O)C(F)(F)F)c2cc(Br)ccc2[nH]c1=O. The number of benzene rings is 1. The number of fused-ring (bicyclic) bond motifs is 1. The Labute approximate surface area is 147 Å². The number of hydrogen-bond donors (Lipinski definition) is 1. The number of aromatic amines is 1. The van der Waals surface area contributed by atoms with Gasteiger partial charge >= 0.3 is 21.6 Å². The van der Waals surface area contributed by atoms with E-state index < -0.39 is 44.9 Å². The van der Waals surface area contributed by atoms with Gasteiger partial charge in [-0.3, -0.25) is 9.59 Å². The van der Waals surface area contributed by atoms with Gasteiger partial charge in [0.25, 0.3) is 5.56 Å². The van der Waals surface area contributed by atoms with E-state index in [-0.39, 0.29) is 10.9 Å². The Bertz CT molecular complexity index is 999. The van der Waals surface area contributed by atoms with Crippen molar-refractivity contribution in [3.8, 4) is 5.75 Å². The van der Waals surface area contributed by atoms with Crippen LogP contribution < -0.4 is 9.74 Å². The van der Waals surface area contributed by atoms with Crippen LogP contribution in [-0.2, 0) is 26.1 Å². The molecule has 1 heterocycles. The highest BCUT2D eigenvalue weighted by Gasteiger charge is 2.49. The van der Waals surface area contributed by atoms with Crippen LogP contribution in [0.15, 0.2) is 27.5 Å². The molecule has 0 spiro atoms. The van der Waals surface area contributed by atoms with Crippen LogP contribution in [0, 0.1) is 0 Å². The molecule has 0 aliphatic heterocycles. The number of rotatable bonds is 4. The van der Waals surface area contributed by atoms with Crippen LogP contribution >= 0.6 is 15.9 Å². The van der Waals surface area contributed by atoms with Crippen molar-refractivity contribution in [2.24, 2.45) is 0 Å². The lowest BCUT2D eigenvalue weighted by Gasteiger charge is -2.14. The number of methoxy groups -OCH3 is 1. The standard InChI is InChI=1S/C13H9BrF3NO6S/c1-23-10(19)5-8-11(24-25(21,22)13(15,16)17)7-4-6(14)2-3-9(7)18-12(8)20/h2-4H,5H2,1H3,(H,18,20). The fourth-order valence-electron chi connectivity index (χ4n) is 1.91. The highest BCUT2D eigenvalue weighted by atomic mass is 79.9. The second kappa shape index (κ2) is 6.67. The van der Waals surface area contributed by atoms with Crippen LogP contribution in [0.2, 0.25) is 0 Å². The highest BCUT2D eigenvalue weighted by Crippen LogP contribution is 2.34. The first kappa shape index (κ1) is 19.2. The minimum absolute atomic E-state index is 0.0224. The molecular formula is C13H9BrF3NO6S. The van der Waals surface area contributed by atoms with E-state index in [0.29, 0.717) is 4.47 Å². The van der Waals surface area contributed by atoms with Crippen molar-refractivity contribution in [3.05, 3.63) is 38.6 Å². The molecule has 136 valence electrons. The summed E-state index contributed by atoms with van der Waals surface area (Å²) < 4.78 is 69.7. The predicted octanol–water partition coefficient (Wildman–Crippen LogP) is 2.23. The molecule has 7 nitrogen and oxygen atoms in total. The van der Waals surface area contributed by atoms with Gasteiger partial charge in [0.1, 0.15) is 0 Å². The zero-order valence-corrected chi connectivity index (χ0v) is 14.7. The smallest absolute Gasteiger partial charge is 0.469 e. The van der Waals surface area contributed by atoms with E-state index in [0.717, 1.165) is 7.11 Å². The molecular weight excluding hydrogens is 435 g/mol. The van der Waals surface area contributed by atoms with Gasteiger partial charge in [0.05, 0.1) is 24.6 Å². The minimum Gasteiger partial charge on any atom is -0.469 e. The normalized spacial score (nSPS) is 12.2. The minimum atomic E-state index is -6.06. The number of H-pyrrole nitrogens is 1. The summed E-state index contributed by atoms with van der Waals surface area (Å²) in [5.41, 5.74) is -7.27. The summed E-state index contributed by atoms with van der Waals surface area (Å²) in [6.07, 6.45) is -0.781. The second-order valence-electron chi connectivity index (χ2n) is 4.69. The zero-order valence-electron chi connectivity index (χ0n) is 12.3. The molecule has 0 radical (unpaired) electrons. The van der Waals surface area contributed by atoms with Gasteiger partial charge in [-0.05, 0) is 18.2 Å². The molecule has 0 bridgehead atoms. The Morgan fingerprint density at radius 2 is 1.96 bits per heavy atom. The largest absolute Gasteiger partial charge is 0.534 e. The molecule has 0 unspecified atom stereocenters. The van der Waals surface area contributed by atoms with Crippen LogP contribution in [0.4, 0.5) is 13.2 Å². The summed E-state index contributed by atoms with van der Waals surface area (Å²) in [5, 5.41) is -0.138. The number of ether oxygens (including phenoxy) is 1. The molecule has 0 saturated carbocycles. The average Bonchev–Trinajstić information content (AvgIpc) is 2.50. The molecule has 25 heavy (non-hydrogen) atoms. The van der Waals surface area contributed by atoms with Gasteiger partial charge in [0, 0.05) is 9.86 Å². The van der Waals surface area contributed by atoms with Gasteiger partial charge in [-0.1, -0.05) is 15.9 Å². The maximum absolute atomic E-state index is 12.7. The van der Waals surface area contributed by atoms with Gasteiger partial charge in [0.2, 0.25) is 0 Å². The monoisotopic (exact) mass is 443 g/mol. The average molecular weight is 444 g/mol. The molecule has 2 rings (SSSR count). The number of carbonyl (C=O) groups excluding carboxylic acids is 1. The van der Waals surface area contributed by atoms with Gasteiger partial charge < -0.3 is 13.9 Å². The summed E-state index contributed by atoms with van der Waals surface area (Å²) in [6.45, 7) is 0. The lowest BCUT2D eigenvalue weighted by Crippen LogP contribution is -2.30. The first-order valence-electron chi connectivity index (χ1n) is 6.38. The molecule has 0 fully saturated rings. The van der Waals surface area contributed by atoms with Crippen LogP contribution in [0.5, 0.6) is 5.75 Å². The van der Waals surface area contributed by atoms with E-state index in [1.165, 1.54) is 18.2 Å². The maximum atomic E-state index is 12.7. The Balaban J connectivity index is 2.80. The lowest BCUT2D eigenvalue weighted by molar-refractivity contribution is -0.139. The number of alkyl halides is 3. The summed E-state index contributed by atoms with van der Waals surface area (Å²) in [4.78, 5) is 25.9. The van der Waals surface area contributed by atoms with Crippen LogP contribution in [0.1, 0.15) is 5.56 Å². The van der Waals surface area contributed by atoms with Gasteiger partial charge in [-0.25, -0.2) is 0 Å². The molecule has 0 amide bonds. The molecule has 0 aliphatic rings. The van der Waals surface area contributed by atoms with Crippen molar-refractivity contribution < 1.29 is 35.3 Å². The first-order valence-corrected chi connectivity index (χ1v) is 8.58. The number of esters is 1. The van der Waals surface area contributed by atoms with Crippen molar-refractivity contribution >= 4 is 42.9 Å². The quantitative estimate of drug-likeness (QED) is 0.441. The van der Waals surface area contributed by atoms with Crippen molar-refractivity contribution in [2.45, 2.75) is 11.9 Å². The summed E-state index contributed by atoms with van der Waals surface area (Å²) in [5.74, 6) is -1.85. The lowest BCUT2D eigenvalue weighted by atomic mass is 10.1. The molecule has 0 atom stereocenters. The van der Waals surface area contributed by atoms with Crippen molar-refractivity contribution in [3.63, 3.8) is 0 Å². The summed E-state index contributed by atoms with van der Waals surface area (Å²) >= 11 is 3.08. The number of halogens is 4. The van der Waals surface area contributed by atoms with Gasteiger partial charge in [-0.15, -0.1) is 0 Å². The van der Waals surface area contributed by atoms with E-state index in [9.17, 15) is 31.2 Å². The highest BCUT2D eigenvalue weighted by molar-refractivity contribution is 9.10. The van der Waals surface area contributed by atoms with E-state index in [2.05, 4.69) is 29.8 Å². The molecule has 1 aromatic heterocycles. The van der Waals surface area contributed by atoms with Crippen molar-refractivity contribution in [1.29, 1.82) is 0 Å². The second-order valence-corrected chi connectivity index (χ2v) is 7.14. The molecule has 2 aromatic rings. The maximum Gasteiger partial charge on any atom is 0.534 e. The third-order valence-corrected chi connectivity index (χ3v) is 4.49. The summed E-state index contributed by atoms with van der Waals surface area (Å²) in [6, 6.07) is 4.05. The van der Waals surface area contributed by atoms with E-state index >= 15 is 0 Å². The fourth-order valence-corrected chi connectivity index (χ4v) is 2.77. The van der Waals surface area contributed by atoms with Crippen molar-refractivity contribution in [2.75, 3.05) is 7.11 Å². The zero-order chi connectivity index (χ0) is 19.0.